The van der Waals surface area contributed by atoms with Gasteiger partial charge in [0.25, 0.3) is 0 Å². The van der Waals surface area contributed by atoms with Crippen molar-refractivity contribution in [3.8, 4) is 11.5 Å². The van der Waals surface area contributed by atoms with E-state index in [1.54, 1.807) is 25.6 Å². The molecule has 1 aromatic heterocycles. The third-order valence-corrected chi connectivity index (χ3v) is 4.52. The molecule has 1 amide bonds. The fraction of sp³-hybridized carbons (Fsp3) is 0.267. The lowest BCUT2D eigenvalue weighted by molar-refractivity contribution is -0.116. The zero-order chi connectivity index (χ0) is 14.1. The summed E-state index contributed by atoms with van der Waals surface area (Å²) in [6, 6.07) is 7.68. The van der Waals surface area contributed by atoms with Gasteiger partial charge in [0.15, 0.2) is 0 Å². The number of hydrogen-bond acceptors (Lipinski definition) is 4. The predicted molar refractivity (Wildman–Crippen MR) is 79.0 cm³/mol. The van der Waals surface area contributed by atoms with E-state index in [2.05, 4.69) is 5.32 Å². The van der Waals surface area contributed by atoms with Gasteiger partial charge in [-0.3, -0.25) is 4.79 Å². The highest BCUT2D eigenvalue weighted by molar-refractivity contribution is 7.10. The van der Waals surface area contributed by atoms with Crippen LogP contribution in [0.25, 0.3) is 0 Å². The Bertz CT molecular complexity index is 650. The van der Waals surface area contributed by atoms with Gasteiger partial charge in [-0.15, -0.1) is 11.3 Å². The van der Waals surface area contributed by atoms with E-state index in [4.69, 9.17) is 9.47 Å². The first-order chi connectivity index (χ1) is 9.72. The number of fused-ring (bicyclic) bond motifs is 1. The molecule has 3 rings (SSSR count). The number of carbonyl (C=O) groups excluding carboxylic acids is 1. The maximum Gasteiger partial charge on any atom is 0.225 e. The van der Waals surface area contributed by atoms with Gasteiger partial charge in [0, 0.05) is 28.8 Å². The summed E-state index contributed by atoms with van der Waals surface area (Å²) < 4.78 is 10.7. The molecule has 104 valence electrons. The summed E-state index contributed by atoms with van der Waals surface area (Å²) in [5, 5.41) is 4.90. The van der Waals surface area contributed by atoms with Crippen LogP contribution in [0, 0.1) is 0 Å². The van der Waals surface area contributed by atoms with E-state index in [1.165, 1.54) is 4.88 Å². The summed E-state index contributed by atoms with van der Waals surface area (Å²) in [4.78, 5) is 13.0. The maximum atomic E-state index is 11.9. The van der Waals surface area contributed by atoms with Gasteiger partial charge in [-0.05, 0) is 17.5 Å². The number of benzene rings is 1. The Morgan fingerprint density at radius 3 is 2.85 bits per heavy atom. The van der Waals surface area contributed by atoms with Gasteiger partial charge in [-0.2, -0.15) is 0 Å². The van der Waals surface area contributed by atoms with Crippen LogP contribution in [0.4, 0.5) is 5.69 Å². The van der Waals surface area contributed by atoms with Gasteiger partial charge in [-0.25, -0.2) is 0 Å². The van der Waals surface area contributed by atoms with Crippen LogP contribution in [-0.2, 0) is 4.79 Å². The zero-order valence-corrected chi connectivity index (χ0v) is 12.1. The lowest BCUT2D eigenvalue weighted by atomic mass is 9.90. The van der Waals surface area contributed by atoms with Crippen LogP contribution in [0.3, 0.4) is 0 Å². The Morgan fingerprint density at radius 1 is 1.25 bits per heavy atom. The quantitative estimate of drug-likeness (QED) is 0.943. The van der Waals surface area contributed by atoms with E-state index in [-0.39, 0.29) is 11.8 Å². The van der Waals surface area contributed by atoms with Gasteiger partial charge in [0.1, 0.15) is 11.5 Å². The molecular weight excluding hydrogens is 274 g/mol. The molecule has 1 atom stereocenters. The van der Waals surface area contributed by atoms with Crippen molar-refractivity contribution in [3.63, 3.8) is 0 Å². The highest BCUT2D eigenvalue weighted by atomic mass is 32.1. The molecular formula is C15H15NO3S. The maximum absolute atomic E-state index is 11.9. The number of amides is 1. The van der Waals surface area contributed by atoms with E-state index in [0.29, 0.717) is 6.42 Å². The molecule has 2 heterocycles. The van der Waals surface area contributed by atoms with Gasteiger partial charge in [0.2, 0.25) is 5.91 Å². The molecule has 4 nitrogen and oxygen atoms in total. The van der Waals surface area contributed by atoms with Gasteiger partial charge in [-0.1, -0.05) is 6.07 Å². The van der Waals surface area contributed by atoms with Crippen LogP contribution in [0.15, 0.2) is 29.6 Å². The highest BCUT2D eigenvalue weighted by Gasteiger charge is 2.29. The monoisotopic (exact) mass is 289 g/mol. The molecule has 0 saturated carbocycles. The van der Waals surface area contributed by atoms with E-state index in [1.807, 2.05) is 29.6 Å². The first kappa shape index (κ1) is 13.0. The minimum absolute atomic E-state index is 0.0405. The molecule has 0 fully saturated rings. The molecule has 20 heavy (non-hydrogen) atoms. The van der Waals surface area contributed by atoms with E-state index < -0.39 is 0 Å². The molecule has 0 saturated heterocycles. The minimum Gasteiger partial charge on any atom is -0.497 e. The average Bonchev–Trinajstić information content (AvgIpc) is 2.93. The molecule has 5 heteroatoms. The van der Waals surface area contributed by atoms with Crippen molar-refractivity contribution in [2.75, 3.05) is 19.5 Å². The van der Waals surface area contributed by atoms with Gasteiger partial charge < -0.3 is 14.8 Å². The number of thiophene rings is 1. The molecule has 0 radical (unpaired) electrons. The zero-order valence-electron chi connectivity index (χ0n) is 11.3. The van der Waals surface area contributed by atoms with Crippen molar-refractivity contribution in [1.82, 2.24) is 0 Å². The van der Waals surface area contributed by atoms with Crippen LogP contribution in [0.5, 0.6) is 11.5 Å². The smallest absolute Gasteiger partial charge is 0.225 e. The van der Waals surface area contributed by atoms with Crippen LogP contribution in [0.2, 0.25) is 0 Å². The fourth-order valence-corrected chi connectivity index (χ4v) is 3.50. The number of ether oxygens (including phenoxy) is 2. The van der Waals surface area contributed by atoms with Crippen molar-refractivity contribution < 1.29 is 14.3 Å². The Balaban J connectivity index is 2.08. The topological polar surface area (TPSA) is 47.6 Å². The first-order valence-corrected chi connectivity index (χ1v) is 7.20. The molecule has 2 aromatic rings. The summed E-state index contributed by atoms with van der Waals surface area (Å²) in [5.41, 5.74) is 1.93. The number of rotatable bonds is 3. The fourth-order valence-electron chi connectivity index (χ4n) is 2.53. The van der Waals surface area contributed by atoms with E-state index in [0.717, 1.165) is 22.7 Å². The summed E-state index contributed by atoms with van der Waals surface area (Å²) in [6.45, 7) is 0. The summed E-state index contributed by atoms with van der Waals surface area (Å²) in [7, 11) is 3.26. The largest absolute Gasteiger partial charge is 0.497 e. The molecule has 1 aliphatic heterocycles. The Kier molecular flexibility index (Phi) is 3.36. The number of anilines is 1. The van der Waals surface area contributed by atoms with Crippen molar-refractivity contribution in [2.45, 2.75) is 12.3 Å². The van der Waals surface area contributed by atoms with Crippen LogP contribution in [0.1, 0.15) is 22.8 Å². The Hall–Kier alpha value is -2.01. The van der Waals surface area contributed by atoms with E-state index >= 15 is 0 Å². The summed E-state index contributed by atoms with van der Waals surface area (Å²) >= 11 is 1.66. The second kappa shape index (κ2) is 5.17. The van der Waals surface area contributed by atoms with Crippen molar-refractivity contribution in [1.29, 1.82) is 0 Å². The number of methoxy groups -OCH3 is 2. The molecule has 1 unspecified atom stereocenters. The van der Waals surface area contributed by atoms with Crippen molar-refractivity contribution in [3.05, 3.63) is 40.1 Å². The second-order valence-electron chi connectivity index (χ2n) is 4.61. The molecule has 0 spiro atoms. The van der Waals surface area contributed by atoms with Gasteiger partial charge >= 0.3 is 0 Å². The van der Waals surface area contributed by atoms with Crippen LogP contribution in [-0.4, -0.2) is 20.1 Å². The minimum atomic E-state index is 0.0405. The van der Waals surface area contributed by atoms with Crippen LogP contribution < -0.4 is 14.8 Å². The Labute approximate surface area is 121 Å². The molecule has 1 aromatic carbocycles. The summed E-state index contributed by atoms with van der Waals surface area (Å²) in [6.07, 6.45) is 0.441. The normalized spacial score (nSPS) is 17.3. The van der Waals surface area contributed by atoms with Crippen molar-refractivity contribution in [2.24, 2.45) is 0 Å². The molecule has 1 aliphatic rings. The second-order valence-corrected chi connectivity index (χ2v) is 5.56. The lowest BCUT2D eigenvalue weighted by Gasteiger charge is -2.24. The molecule has 0 bridgehead atoms. The first-order valence-electron chi connectivity index (χ1n) is 6.32. The van der Waals surface area contributed by atoms with E-state index in [9.17, 15) is 4.79 Å². The third kappa shape index (κ3) is 2.14. The molecule has 0 aliphatic carbocycles. The lowest BCUT2D eigenvalue weighted by Crippen LogP contribution is -2.22. The SMILES string of the molecule is COc1ccc(C2CC(=O)Nc3ccsc32)c(OC)c1. The number of hydrogen-bond donors (Lipinski definition) is 1. The average molecular weight is 289 g/mol. The third-order valence-electron chi connectivity index (χ3n) is 3.49. The Morgan fingerprint density at radius 2 is 2.10 bits per heavy atom. The predicted octanol–water partition coefficient (Wildman–Crippen LogP) is 3.24. The number of carbonyl (C=O) groups is 1. The van der Waals surface area contributed by atoms with Gasteiger partial charge in [0.05, 0.1) is 19.9 Å². The summed E-state index contributed by atoms with van der Waals surface area (Å²) in [5.74, 6) is 1.58. The van der Waals surface area contributed by atoms with Crippen LogP contribution >= 0.6 is 11.3 Å². The standard InChI is InChI=1S/C15H15NO3S/c1-18-9-3-4-10(13(7-9)19-2)11-8-14(17)16-12-5-6-20-15(11)12/h3-7,11H,8H2,1-2H3,(H,16,17). The molecule has 1 N–H and O–H groups in total. The highest BCUT2D eigenvalue weighted by Crippen LogP contribution is 2.44. The number of nitrogens with one attached hydrogen (secondary N) is 1. The van der Waals surface area contributed by atoms with Crippen molar-refractivity contribution >= 4 is 22.9 Å².